The summed E-state index contributed by atoms with van der Waals surface area (Å²) in [6.45, 7) is 4.65. The number of carboxylic acid groups (broad SMARTS) is 1. The molecule has 0 atom stereocenters. The fraction of sp³-hybridized carbons (Fsp3) is 0.462. The Labute approximate surface area is 100 Å². The summed E-state index contributed by atoms with van der Waals surface area (Å²) >= 11 is 0. The third-order valence-corrected chi connectivity index (χ3v) is 2.99. The molecular weight excluding hydrogens is 220 g/mol. The lowest BCUT2D eigenvalue weighted by atomic mass is 9.81. The lowest BCUT2D eigenvalue weighted by molar-refractivity contribution is -0.138. The fourth-order valence-electron chi connectivity index (χ4n) is 1.99. The standard InChI is InChI=1S/C13H16O4/c1-13(2,6-12(14)15)10-3-4-11-9(5-10)7-16-8-17-11/h3-5H,6-8H2,1-2H3,(H,14,15). The molecule has 0 unspecified atom stereocenters. The number of carboxylic acids is 1. The highest BCUT2D eigenvalue weighted by Gasteiger charge is 2.25. The second-order valence-electron chi connectivity index (χ2n) is 4.89. The molecule has 0 aromatic heterocycles. The summed E-state index contributed by atoms with van der Waals surface area (Å²) in [6.07, 6.45) is 0.105. The lowest BCUT2D eigenvalue weighted by Gasteiger charge is -2.26. The minimum Gasteiger partial charge on any atom is -0.481 e. The Kier molecular flexibility index (Phi) is 3.07. The summed E-state index contributed by atoms with van der Waals surface area (Å²) in [5, 5.41) is 8.90. The van der Waals surface area contributed by atoms with E-state index in [1.165, 1.54) is 0 Å². The quantitative estimate of drug-likeness (QED) is 0.874. The SMILES string of the molecule is CC(C)(CC(=O)O)c1ccc2c(c1)COCO2. The van der Waals surface area contributed by atoms with Crippen LogP contribution in [-0.4, -0.2) is 17.9 Å². The van der Waals surface area contributed by atoms with E-state index in [0.29, 0.717) is 6.61 Å². The summed E-state index contributed by atoms with van der Waals surface area (Å²) in [6, 6.07) is 5.78. The molecule has 0 spiro atoms. The van der Waals surface area contributed by atoms with Crippen LogP contribution in [0.1, 0.15) is 31.4 Å². The lowest BCUT2D eigenvalue weighted by Crippen LogP contribution is -2.22. The predicted octanol–water partition coefficient (Wildman–Crippen LogP) is 2.31. The largest absolute Gasteiger partial charge is 0.481 e. The molecule has 0 aliphatic carbocycles. The van der Waals surface area contributed by atoms with Crippen molar-refractivity contribution in [3.05, 3.63) is 29.3 Å². The average molecular weight is 236 g/mol. The number of hydrogen-bond acceptors (Lipinski definition) is 3. The molecule has 17 heavy (non-hydrogen) atoms. The van der Waals surface area contributed by atoms with Crippen LogP contribution >= 0.6 is 0 Å². The highest BCUT2D eigenvalue weighted by molar-refractivity contribution is 5.69. The summed E-state index contributed by atoms with van der Waals surface area (Å²) in [5.41, 5.74) is 1.58. The molecular formula is C13H16O4. The van der Waals surface area contributed by atoms with E-state index in [2.05, 4.69) is 0 Å². The second-order valence-corrected chi connectivity index (χ2v) is 4.89. The van der Waals surface area contributed by atoms with Crippen LogP contribution in [0.2, 0.25) is 0 Å². The maximum Gasteiger partial charge on any atom is 0.304 e. The molecule has 1 aliphatic rings. The summed E-state index contributed by atoms with van der Waals surface area (Å²) < 4.78 is 10.5. The van der Waals surface area contributed by atoms with Crippen LogP contribution in [0.15, 0.2) is 18.2 Å². The minimum atomic E-state index is -0.791. The van der Waals surface area contributed by atoms with Gasteiger partial charge in [0, 0.05) is 11.0 Å². The van der Waals surface area contributed by atoms with Crippen molar-refractivity contribution in [2.45, 2.75) is 32.3 Å². The van der Waals surface area contributed by atoms with Gasteiger partial charge in [-0.1, -0.05) is 19.9 Å². The zero-order valence-electron chi connectivity index (χ0n) is 10.0. The van der Waals surface area contributed by atoms with Gasteiger partial charge in [-0.25, -0.2) is 0 Å². The van der Waals surface area contributed by atoms with Crippen molar-refractivity contribution in [1.82, 2.24) is 0 Å². The number of rotatable bonds is 3. The van der Waals surface area contributed by atoms with Gasteiger partial charge in [0.25, 0.3) is 0 Å². The highest BCUT2D eigenvalue weighted by Crippen LogP contribution is 2.32. The topological polar surface area (TPSA) is 55.8 Å². The highest BCUT2D eigenvalue weighted by atomic mass is 16.7. The van der Waals surface area contributed by atoms with Gasteiger partial charge in [-0.2, -0.15) is 0 Å². The molecule has 4 heteroatoms. The van der Waals surface area contributed by atoms with E-state index in [4.69, 9.17) is 14.6 Å². The molecule has 92 valence electrons. The van der Waals surface area contributed by atoms with Crippen LogP contribution in [0.4, 0.5) is 0 Å². The molecule has 2 rings (SSSR count). The van der Waals surface area contributed by atoms with Crippen LogP contribution < -0.4 is 4.74 Å². The van der Waals surface area contributed by atoms with Gasteiger partial charge < -0.3 is 14.6 Å². The van der Waals surface area contributed by atoms with E-state index >= 15 is 0 Å². The molecule has 1 aromatic rings. The van der Waals surface area contributed by atoms with E-state index < -0.39 is 11.4 Å². The van der Waals surface area contributed by atoms with Crippen LogP contribution in [0.25, 0.3) is 0 Å². The van der Waals surface area contributed by atoms with E-state index in [-0.39, 0.29) is 13.2 Å². The van der Waals surface area contributed by atoms with Gasteiger partial charge in [-0.15, -0.1) is 0 Å². The number of benzene rings is 1. The molecule has 0 radical (unpaired) electrons. The summed E-state index contributed by atoms with van der Waals surface area (Å²) in [4.78, 5) is 10.8. The first kappa shape index (κ1) is 11.9. The Hall–Kier alpha value is -1.55. The van der Waals surface area contributed by atoms with Crippen molar-refractivity contribution in [3.63, 3.8) is 0 Å². The molecule has 0 saturated carbocycles. The molecule has 0 bridgehead atoms. The monoisotopic (exact) mass is 236 g/mol. The molecule has 1 heterocycles. The predicted molar refractivity (Wildman–Crippen MR) is 62.0 cm³/mol. The van der Waals surface area contributed by atoms with Crippen molar-refractivity contribution >= 4 is 5.97 Å². The molecule has 1 aromatic carbocycles. The maximum atomic E-state index is 10.8. The Morgan fingerprint density at radius 3 is 2.94 bits per heavy atom. The van der Waals surface area contributed by atoms with E-state index in [0.717, 1.165) is 16.9 Å². The van der Waals surface area contributed by atoms with Gasteiger partial charge in [0.2, 0.25) is 0 Å². The van der Waals surface area contributed by atoms with E-state index in [1.54, 1.807) is 0 Å². The first-order valence-corrected chi connectivity index (χ1v) is 5.55. The van der Waals surface area contributed by atoms with Gasteiger partial charge >= 0.3 is 5.97 Å². The first-order chi connectivity index (χ1) is 7.99. The third-order valence-electron chi connectivity index (χ3n) is 2.99. The number of aliphatic carboxylic acids is 1. The molecule has 1 N–H and O–H groups in total. The second kappa shape index (κ2) is 4.37. The third kappa shape index (κ3) is 2.58. The molecule has 0 fully saturated rings. The zero-order valence-corrected chi connectivity index (χ0v) is 10.0. The van der Waals surface area contributed by atoms with Crippen molar-refractivity contribution < 1.29 is 19.4 Å². The van der Waals surface area contributed by atoms with Gasteiger partial charge in [-0.05, 0) is 17.7 Å². The van der Waals surface area contributed by atoms with Crippen LogP contribution in [0.5, 0.6) is 5.75 Å². The molecule has 0 amide bonds. The van der Waals surface area contributed by atoms with Gasteiger partial charge in [-0.3, -0.25) is 4.79 Å². The summed E-state index contributed by atoms with van der Waals surface area (Å²) in [5.74, 6) is 0.0337. The average Bonchev–Trinajstić information content (AvgIpc) is 2.26. The number of carbonyl (C=O) groups is 1. The molecule has 0 saturated heterocycles. The molecule has 1 aliphatic heterocycles. The van der Waals surface area contributed by atoms with Gasteiger partial charge in [0.15, 0.2) is 6.79 Å². The first-order valence-electron chi connectivity index (χ1n) is 5.55. The number of hydrogen-bond donors (Lipinski definition) is 1. The number of fused-ring (bicyclic) bond motifs is 1. The van der Waals surface area contributed by atoms with Crippen LogP contribution in [-0.2, 0) is 21.6 Å². The van der Waals surface area contributed by atoms with E-state index in [1.807, 2.05) is 32.0 Å². The summed E-state index contributed by atoms with van der Waals surface area (Å²) in [7, 11) is 0. The van der Waals surface area contributed by atoms with Crippen molar-refractivity contribution in [3.8, 4) is 5.75 Å². The molecule has 4 nitrogen and oxygen atoms in total. The van der Waals surface area contributed by atoms with Crippen LogP contribution in [0.3, 0.4) is 0 Å². The Morgan fingerprint density at radius 2 is 2.24 bits per heavy atom. The minimum absolute atomic E-state index is 0.105. The van der Waals surface area contributed by atoms with Crippen molar-refractivity contribution in [2.75, 3.05) is 6.79 Å². The Morgan fingerprint density at radius 1 is 1.47 bits per heavy atom. The smallest absolute Gasteiger partial charge is 0.304 e. The van der Waals surface area contributed by atoms with Crippen molar-refractivity contribution in [1.29, 1.82) is 0 Å². The van der Waals surface area contributed by atoms with Crippen molar-refractivity contribution in [2.24, 2.45) is 0 Å². The maximum absolute atomic E-state index is 10.8. The Balaban J connectivity index is 2.30. The Bertz CT molecular complexity index is 437. The van der Waals surface area contributed by atoms with Gasteiger partial charge in [0.1, 0.15) is 5.75 Å². The van der Waals surface area contributed by atoms with Crippen LogP contribution in [0, 0.1) is 0 Å². The number of ether oxygens (including phenoxy) is 2. The van der Waals surface area contributed by atoms with E-state index in [9.17, 15) is 4.79 Å². The van der Waals surface area contributed by atoms with Gasteiger partial charge in [0.05, 0.1) is 13.0 Å². The normalized spacial score (nSPS) is 14.9. The zero-order chi connectivity index (χ0) is 12.5. The fourth-order valence-corrected chi connectivity index (χ4v) is 1.99.